The number of rotatable bonds is 25. The highest BCUT2D eigenvalue weighted by Gasteiger charge is 2.64. The zero-order valence-corrected chi connectivity index (χ0v) is 67.0. The quantitative estimate of drug-likeness (QED) is 0.0358. The van der Waals surface area contributed by atoms with Crippen molar-refractivity contribution in [2.24, 2.45) is 29.1 Å². The number of hydrogen-bond donors (Lipinski definition) is 9. The van der Waals surface area contributed by atoms with Gasteiger partial charge >= 0.3 is 24.1 Å². The summed E-state index contributed by atoms with van der Waals surface area (Å²) in [5.74, 6) is -9.00. The van der Waals surface area contributed by atoms with Crippen LogP contribution in [-0.4, -0.2) is 272 Å². The zero-order valence-electron chi connectivity index (χ0n) is 63.7. The summed E-state index contributed by atoms with van der Waals surface area (Å²) < 4.78 is 89.4. The molecule has 4 heterocycles. The van der Waals surface area contributed by atoms with E-state index in [0.717, 1.165) is 9.80 Å². The predicted molar refractivity (Wildman–Crippen MR) is 395 cm³/mol. The van der Waals surface area contributed by atoms with Gasteiger partial charge in [0.2, 0.25) is 23.6 Å². The van der Waals surface area contributed by atoms with E-state index in [1.165, 1.54) is 17.1 Å². The molecule has 108 heavy (non-hydrogen) atoms. The third-order valence-electron chi connectivity index (χ3n) is 20.3. The van der Waals surface area contributed by atoms with Gasteiger partial charge in [0.25, 0.3) is 0 Å². The van der Waals surface area contributed by atoms with Crippen LogP contribution in [-0.2, 0) is 86.9 Å². The topological polar surface area (TPSA) is 477 Å². The second-order valence-corrected chi connectivity index (χ2v) is 41.0. The molecule has 9 N–H and O–H groups in total. The molecular weight excluding hydrogens is 1490 g/mol. The van der Waals surface area contributed by atoms with E-state index in [1.54, 1.807) is 68.4 Å². The fraction of sp³-hybridized carbons (Fsp3) is 0.764. The maximum absolute atomic E-state index is 13.7. The summed E-state index contributed by atoms with van der Waals surface area (Å²) in [5, 5.41) is 57.8. The number of ketones is 3. The van der Waals surface area contributed by atoms with Crippen molar-refractivity contribution in [2.75, 3.05) is 43.4 Å². The number of carboxylic acid groups (broad SMARTS) is 1. The monoisotopic (exact) mass is 1610 g/mol. The van der Waals surface area contributed by atoms with Gasteiger partial charge in [0.15, 0.2) is 46.9 Å². The molecule has 0 aromatic carbocycles. The lowest BCUT2D eigenvalue weighted by molar-refractivity contribution is -0.161. The molecule has 610 valence electrons. The van der Waals surface area contributed by atoms with Gasteiger partial charge in [-0.15, -0.1) is 32.1 Å². The second kappa shape index (κ2) is 33.8. The molecule has 0 bridgehead atoms. The first kappa shape index (κ1) is 90.4. The molecule has 6 aliphatic carbocycles. The maximum Gasteiger partial charge on any atom is 0.411 e. The van der Waals surface area contributed by atoms with Crippen molar-refractivity contribution in [3.05, 3.63) is 38.0 Å². The minimum atomic E-state index is -3.58. The molecule has 32 nitrogen and oxygen atoms in total. The van der Waals surface area contributed by atoms with Gasteiger partial charge in [0.05, 0.1) is 71.6 Å². The van der Waals surface area contributed by atoms with Crippen molar-refractivity contribution in [2.45, 2.75) is 271 Å². The lowest BCUT2D eigenvalue weighted by Gasteiger charge is -2.35. The van der Waals surface area contributed by atoms with E-state index >= 15 is 0 Å². The Labute approximate surface area is 638 Å². The van der Waals surface area contributed by atoms with Crippen LogP contribution in [0.5, 0.6) is 0 Å². The van der Waals surface area contributed by atoms with E-state index in [4.69, 9.17) is 19.3 Å². The van der Waals surface area contributed by atoms with Gasteiger partial charge in [0.1, 0.15) is 68.8 Å². The van der Waals surface area contributed by atoms with E-state index in [-0.39, 0.29) is 94.7 Å². The third-order valence-corrected chi connectivity index (χ3v) is 26.8. The maximum atomic E-state index is 13.7. The summed E-state index contributed by atoms with van der Waals surface area (Å²) in [6.45, 7) is 32.0. The molecule has 4 aliphatic heterocycles. The molecule has 10 fully saturated rings. The van der Waals surface area contributed by atoms with Crippen LogP contribution < -0.4 is 21.3 Å². The Morgan fingerprint density at radius 2 is 0.796 bits per heavy atom. The van der Waals surface area contributed by atoms with Crippen molar-refractivity contribution in [3.8, 4) is 0 Å². The van der Waals surface area contributed by atoms with E-state index in [1.807, 2.05) is 20.8 Å². The van der Waals surface area contributed by atoms with E-state index in [0.29, 0.717) is 51.5 Å². The number of likely N-dealkylation sites (tertiary alicyclic amines) is 3. The molecule has 4 saturated heterocycles. The summed E-state index contributed by atoms with van der Waals surface area (Å²) in [4.78, 5) is 142. The van der Waals surface area contributed by atoms with Crippen LogP contribution in [0, 0.1) is 29.1 Å². The SMILES string of the molecule is C=CC1CC1(NC(=O)[C@@H]1C[C@@H](O)CN1)C(=O)CS(=O)(=O)C1CC1.C=CC1CC1(NC(=O)[C@@H]1C[C@@H](O)CN1C(=O)OC(C)(C)C)C(=O)CS(=O)(=O)C1CC1.C=CC1CC1(NC(=O)[C@@H]1C[C@@H](O)CN1C(=O)[C@@H](CC(=O)OC(C)(C)C)C(C)(C)C)C(=O)CS(=O)(=O)C1CC1.CC(C)(C)OC(=O)N1C[C@H](O)C[C@H]1C(=O)O.Cl. The predicted octanol–water partition coefficient (Wildman–Crippen LogP) is 1.89. The molecular formula is C72H112ClN7O25S3. The van der Waals surface area contributed by atoms with Crippen LogP contribution >= 0.6 is 12.4 Å². The molecule has 0 spiro atoms. The first-order valence-electron chi connectivity index (χ1n) is 36.4. The number of carbonyl (C=O) groups is 11. The van der Waals surface area contributed by atoms with Gasteiger partial charge in [-0.3, -0.25) is 48.2 Å². The number of aliphatic carboxylic acids is 1. The summed E-state index contributed by atoms with van der Waals surface area (Å²) in [6, 6.07) is -3.63. The smallest absolute Gasteiger partial charge is 0.411 e. The number of esters is 1. The number of nitrogens with one attached hydrogen (secondary N) is 4. The number of carbonyl (C=O) groups excluding carboxylic acids is 10. The Hall–Kier alpha value is -6.47. The molecule has 36 heteroatoms. The van der Waals surface area contributed by atoms with Gasteiger partial charge in [-0.25, -0.2) is 39.6 Å². The fourth-order valence-corrected chi connectivity index (χ4v) is 18.8. The third kappa shape index (κ3) is 23.3. The van der Waals surface area contributed by atoms with Crippen molar-refractivity contribution >= 4 is 107 Å². The van der Waals surface area contributed by atoms with E-state index < -0.39 is 221 Å². The molecule has 6 saturated carbocycles. The molecule has 10 rings (SSSR count). The first-order chi connectivity index (χ1) is 49.1. The Morgan fingerprint density at radius 3 is 1.08 bits per heavy atom. The molecule has 15 atom stereocenters. The Balaban J connectivity index is 0.000000234. The molecule has 0 aromatic heterocycles. The number of aliphatic hydroxyl groups excluding tert-OH is 4. The Morgan fingerprint density at radius 1 is 0.481 bits per heavy atom. The van der Waals surface area contributed by atoms with Crippen molar-refractivity contribution in [1.29, 1.82) is 0 Å². The average Bonchev–Trinajstić information content (AvgIpc) is 1.58. The Bertz CT molecular complexity index is 3840. The molecule has 6 unspecified atom stereocenters. The number of ether oxygens (including phenoxy) is 3. The zero-order chi connectivity index (χ0) is 80.7. The molecule has 0 radical (unpaired) electrons. The summed E-state index contributed by atoms with van der Waals surface area (Å²) in [5.41, 5.74) is -6.68. The average molecular weight is 1610 g/mol. The van der Waals surface area contributed by atoms with Crippen LogP contribution in [0.25, 0.3) is 0 Å². The fourth-order valence-electron chi connectivity index (χ4n) is 13.7. The number of amides is 6. The van der Waals surface area contributed by atoms with E-state index in [9.17, 15) is 98.4 Å². The summed E-state index contributed by atoms with van der Waals surface area (Å²) >= 11 is 0. The number of sulfone groups is 3. The van der Waals surface area contributed by atoms with Gasteiger partial charge in [-0.05, 0) is 132 Å². The number of Topliss-reactive ketones (excluding diaryl/α,β-unsaturated/α-hetero) is 3. The normalized spacial score (nSPS) is 30.2. The lowest BCUT2D eigenvalue weighted by Crippen LogP contribution is -2.55. The standard InChI is InChI=1S/C27H42N2O8S.C20H30N2O7S.C15H22N2O5S.C10H17NO5.ClH/c1-8-16-13-27(16,21(31)15-38(35,36)18-9-10-18)28-23(33)20-11-17(30)14-29(20)24(34)19(25(2,3)4)12-22(32)37-26(5,6)7;1-5-12-9-20(12,16(24)11-30(27,28)14-6-7-14)21-17(25)15-8-13(23)10-22(15)18(26)29-19(2,3)4;1-2-9-6-15(9,13(19)8-23(21,22)11-3-4-11)17-14(20)12-5-10(18)7-16-12;1-10(2,3)16-9(15)11-5-6(12)4-7(11)8(13)14;/h8,16-20,30H,1,9-15H2,2-7H3,(H,28,33);5,12-15,23H,1,6-11H2,2-4H3,(H,21,25);2,9-12,16,18H,1,3-8H2,(H,17,20);6-7,12H,4-5H2,1-3H3,(H,13,14);1H/t16?,17-,19-,20+,27?;12?,13-,15+,20?;9?,10-,12+,15?;6-,7+;/m1111./s1. The van der Waals surface area contributed by atoms with Crippen LogP contribution in [0.2, 0.25) is 0 Å². The number of halogens is 1. The highest BCUT2D eigenvalue weighted by atomic mass is 35.5. The van der Waals surface area contributed by atoms with Crippen molar-refractivity contribution in [3.63, 3.8) is 0 Å². The molecule has 10 aliphatic rings. The highest BCUT2D eigenvalue weighted by Crippen LogP contribution is 2.49. The number of aliphatic hydroxyl groups is 4. The minimum absolute atomic E-state index is 0. The summed E-state index contributed by atoms with van der Waals surface area (Å²) in [7, 11) is -10.5. The lowest BCUT2D eigenvalue weighted by atomic mass is 9.77. The van der Waals surface area contributed by atoms with E-state index in [2.05, 4.69) is 41.0 Å². The van der Waals surface area contributed by atoms with Gasteiger partial charge in [-0.1, -0.05) is 39.0 Å². The number of carboxylic acids is 1. The van der Waals surface area contributed by atoms with Crippen molar-refractivity contribution < 1.29 is 118 Å². The number of nitrogens with zero attached hydrogens (tertiary/aromatic N) is 3. The summed E-state index contributed by atoms with van der Waals surface area (Å²) in [6.07, 6.45) is 4.38. The Kier molecular flexibility index (Phi) is 28.3. The molecule has 6 amide bonds. The highest BCUT2D eigenvalue weighted by molar-refractivity contribution is 7.93. The van der Waals surface area contributed by atoms with Gasteiger partial charge < -0.3 is 65.9 Å². The van der Waals surface area contributed by atoms with Crippen LogP contribution in [0.1, 0.15) is 173 Å². The minimum Gasteiger partial charge on any atom is -0.480 e. The largest absolute Gasteiger partial charge is 0.480 e. The number of β-amino-alcohol motifs (C(OH)–C–C–N with tert-alkyl or cyclic N) is 4. The van der Waals surface area contributed by atoms with Crippen LogP contribution in [0.4, 0.5) is 9.59 Å². The van der Waals surface area contributed by atoms with Gasteiger partial charge in [-0.2, -0.15) is 0 Å². The first-order valence-corrected chi connectivity index (χ1v) is 41.5. The van der Waals surface area contributed by atoms with Crippen LogP contribution in [0.15, 0.2) is 38.0 Å². The number of hydrogen-bond acceptors (Lipinski definition) is 25. The van der Waals surface area contributed by atoms with Gasteiger partial charge in [0, 0.05) is 50.1 Å². The van der Waals surface area contributed by atoms with Crippen molar-refractivity contribution in [1.82, 2.24) is 36.0 Å². The van der Waals surface area contributed by atoms with Crippen LogP contribution in [0.3, 0.4) is 0 Å². The molecule has 0 aromatic rings. The second-order valence-electron chi connectivity index (χ2n) is 34.2.